The molecular formula is C15H17F3N6O2. The maximum atomic E-state index is 13.5. The Bertz CT molecular complexity index is 974. The number of nitrogens with two attached hydrogens (primary N) is 1. The molecule has 0 aliphatic carbocycles. The molecule has 2 N–H and O–H groups in total. The fourth-order valence-electron chi connectivity index (χ4n) is 2.67. The van der Waals surface area contributed by atoms with Gasteiger partial charge >= 0.3 is 11.9 Å². The summed E-state index contributed by atoms with van der Waals surface area (Å²) in [5.41, 5.74) is 2.76. The molecule has 3 rings (SSSR count). The summed E-state index contributed by atoms with van der Waals surface area (Å²) in [4.78, 5) is 16.0. The van der Waals surface area contributed by atoms with Crippen molar-refractivity contribution < 1.29 is 17.7 Å². The lowest BCUT2D eigenvalue weighted by molar-refractivity contribution is -0.201. The standard InChI is InChI=1S/C15H17F3N6O2/c1-9(2)7-14(19,15(16,17)18)12-20-10(22-26-12)8-24-13(25)23-6-4-3-5-11(23)21-24/h3-6,9H,7-8,19H2,1-2H3. The minimum absolute atomic E-state index is 0.117. The molecule has 0 saturated heterocycles. The zero-order valence-corrected chi connectivity index (χ0v) is 14.1. The molecule has 0 amide bonds. The van der Waals surface area contributed by atoms with Crippen LogP contribution in [0.1, 0.15) is 32.0 Å². The predicted octanol–water partition coefficient (Wildman–Crippen LogP) is 1.69. The highest BCUT2D eigenvalue weighted by Gasteiger charge is 2.57. The molecule has 0 radical (unpaired) electrons. The Balaban J connectivity index is 1.93. The number of aromatic nitrogens is 5. The largest absolute Gasteiger partial charge is 0.415 e. The number of hydrogen-bond donors (Lipinski definition) is 1. The minimum atomic E-state index is -4.76. The maximum absolute atomic E-state index is 13.5. The zero-order chi connectivity index (χ0) is 19.1. The van der Waals surface area contributed by atoms with Crippen LogP contribution in [-0.4, -0.2) is 30.5 Å². The molecule has 0 bridgehead atoms. The third kappa shape index (κ3) is 3.09. The Morgan fingerprint density at radius 2 is 2.04 bits per heavy atom. The molecule has 1 unspecified atom stereocenters. The third-order valence-electron chi connectivity index (χ3n) is 3.87. The van der Waals surface area contributed by atoms with Crippen LogP contribution in [0.25, 0.3) is 5.65 Å². The summed E-state index contributed by atoms with van der Waals surface area (Å²) >= 11 is 0. The second-order valence-electron chi connectivity index (χ2n) is 6.45. The van der Waals surface area contributed by atoms with Gasteiger partial charge in [-0.05, 0) is 24.5 Å². The summed E-state index contributed by atoms with van der Waals surface area (Å²) in [5.74, 6) is -1.20. The minimum Gasteiger partial charge on any atom is -0.337 e. The fourth-order valence-corrected chi connectivity index (χ4v) is 2.67. The summed E-state index contributed by atoms with van der Waals surface area (Å²) in [5, 5.41) is 7.60. The molecule has 0 spiro atoms. The molecule has 11 heteroatoms. The number of pyridine rings is 1. The Kier molecular flexibility index (Phi) is 4.34. The van der Waals surface area contributed by atoms with Gasteiger partial charge in [0.1, 0.15) is 6.54 Å². The molecule has 3 heterocycles. The quantitative estimate of drug-likeness (QED) is 0.733. The Hall–Kier alpha value is -2.69. The van der Waals surface area contributed by atoms with Gasteiger partial charge in [0.15, 0.2) is 17.0 Å². The van der Waals surface area contributed by atoms with Crippen LogP contribution >= 0.6 is 0 Å². The van der Waals surface area contributed by atoms with Gasteiger partial charge in [-0.1, -0.05) is 25.1 Å². The first-order valence-corrected chi connectivity index (χ1v) is 7.84. The first-order chi connectivity index (χ1) is 12.1. The van der Waals surface area contributed by atoms with Gasteiger partial charge in [-0.2, -0.15) is 18.2 Å². The highest BCUT2D eigenvalue weighted by atomic mass is 19.4. The van der Waals surface area contributed by atoms with Gasteiger partial charge in [0.25, 0.3) is 5.89 Å². The summed E-state index contributed by atoms with van der Waals surface area (Å²) in [6.45, 7) is 2.99. The lowest BCUT2D eigenvalue weighted by Gasteiger charge is -2.29. The highest BCUT2D eigenvalue weighted by Crippen LogP contribution is 2.40. The van der Waals surface area contributed by atoms with E-state index in [2.05, 4.69) is 15.2 Å². The van der Waals surface area contributed by atoms with E-state index in [4.69, 9.17) is 10.3 Å². The molecule has 140 valence electrons. The molecule has 1 atom stereocenters. The number of alkyl halides is 3. The van der Waals surface area contributed by atoms with Crippen molar-refractivity contribution in [1.29, 1.82) is 0 Å². The third-order valence-corrected chi connectivity index (χ3v) is 3.87. The average Bonchev–Trinajstić information content (AvgIpc) is 3.12. The first kappa shape index (κ1) is 18.1. The van der Waals surface area contributed by atoms with E-state index in [0.29, 0.717) is 5.65 Å². The van der Waals surface area contributed by atoms with Crippen molar-refractivity contribution in [2.45, 2.75) is 38.5 Å². The fraction of sp³-hybridized carbons (Fsp3) is 0.467. The van der Waals surface area contributed by atoms with E-state index in [-0.39, 0.29) is 18.3 Å². The molecule has 26 heavy (non-hydrogen) atoms. The number of hydrogen-bond acceptors (Lipinski definition) is 6. The van der Waals surface area contributed by atoms with Crippen molar-refractivity contribution in [3.8, 4) is 0 Å². The lowest BCUT2D eigenvalue weighted by atomic mass is 9.89. The van der Waals surface area contributed by atoms with Crippen LogP contribution in [0.3, 0.4) is 0 Å². The molecule has 8 nitrogen and oxygen atoms in total. The molecule has 0 saturated carbocycles. The van der Waals surface area contributed by atoms with Gasteiger partial charge in [-0.25, -0.2) is 9.48 Å². The van der Waals surface area contributed by atoms with Crippen LogP contribution in [-0.2, 0) is 12.1 Å². The van der Waals surface area contributed by atoms with Gasteiger partial charge in [-0.3, -0.25) is 4.40 Å². The summed E-state index contributed by atoms with van der Waals surface area (Å²) in [6, 6.07) is 4.98. The van der Waals surface area contributed by atoms with Gasteiger partial charge in [0.05, 0.1) is 0 Å². The SMILES string of the molecule is CC(C)CC(N)(c1nc(Cn2nc3ccccn3c2=O)no1)C(F)(F)F. The smallest absolute Gasteiger partial charge is 0.337 e. The second kappa shape index (κ2) is 6.24. The number of nitrogens with zero attached hydrogens (tertiary/aromatic N) is 5. The number of fused-ring (bicyclic) bond motifs is 1. The van der Waals surface area contributed by atoms with E-state index < -0.39 is 29.7 Å². The van der Waals surface area contributed by atoms with Gasteiger partial charge in [0.2, 0.25) is 0 Å². The van der Waals surface area contributed by atoms with Crippen molar-refractivity contribution in [1.82, 2.24) is 24.3 Å². The number of rotatable bonds is 5. The monoisotopic (exact) mass is 370 g/mol. The van der Waals surface area contributed by atoms with Crippen LogP contribution < -0.4 is 11.4 Å². The molecule has 0 aliphatic heterocycles. The van der Waals surface area contributed by atoms with E-state index in [9.17, 15) is 18.0 Å². The van der Waals surface area contributed by atoms with E-state index >= 15 is 0 Å². The second-order valence-corrected chi connectivity index (χ2v) is 6.45. The Labute approximate surface area is 145 Å². The van der Waals surface area contributed by atoms with E-state index in [0.717, 1.165) is 4.68 Å². The van der Waals surface area contributed by atoms with Gasteiger partial charge in [0, 0.05) is 6.20 Å². The molecule has 0 aliphatic rings. The predicted molar refractivity (Wildman–Crippen MR) is 84.2 cm³/mol. The van der Waals surface area contributed by atoms with Crippen LogP contribution in [0, 0.1) is 5.92 Å². The maximum Gasteiger partial charge on any atom is 0.415 e. The number of halogens is 3. The van der Waals surface area contributed by atoms with E-state index in [1.165, 1.54) is 10.6 Å². The van der Waals surface area contributed by atoms with Crippen LogP contribution in [0.4, 0.5) is 13.2 Å². The van der Waals surface area contributed by atoms with Crippen molar-refractivity contribution in [2.75, 3.05) is 0 Å². The van der Waals surface area contributed by atoms with E-state index in [1.54, 1.807) is 32.0 Å². The zero-order valence-electron chi connectivity index (χ0n) is 14.1. The van der Waals surface area contributed by atoms with Crippen LogP contribution in [0.15, 0.2) is 33.7 Å². The normalized spacial score (nSPS) is 14.9. The summed E-state index contributed by atoms with van der Waals surface area (Å²) in [6.07, 6.45) is -3.65. The molecule has 3 aromatic rings. The molecular weight excluding hydrogens is 353 g/mol. The van der Waals surface area contributed by atoms with Crippen molar-refractivity contribution in [3.63, 3.8) is 0 Å². The lowest BCUT2D eigenvalue weighted by Crippen LogP contribution is -2.51. The average molecular weight is 370 g/mol. The topological polar surface area (TPSA) is 104 Å². The summed E-state index contributed by atoms with van der Waals surface area (Å²) < 4.78 is 47.5. The van der Waals surface area contributed by atoms with Crippen molar-refractivity contribution >= 4 is 5.65 Å². The molecule has 3 aromatic heterocycles. The highest BCUT2D eigenvalue weighted by molar-refractivity contribution is 5.35. The van der Waals surface area contributed by atoms with Gasteiger partial charge < -0.3 is 10.3 Å². The van der Waals surface area contributed by atoms with Crippen LogP contribution in [0.2, 0.25) is 0 Å². The molecule has 0 aromatic carbocycles. The van der Waals surface area contributed by atoms with Crippen molar-refractivity contribution in [3.05, 3.63) is 46.6 Å². The Morgan fingerprint density at radius 3 is 2.65 bits per heavy atom. The van der Waals surface area contributed by atoms with E-state index in [1.807, 2.05) is 0 Å². The molecule has 0 fully saturated rings. The van der Waals surface area contributed by atoms with Gasteiger partial charge in [-0.15, -0.1) is 5.10 Å². The van der Waals surface area contributed by atoms with Crippen LogP contribution in [0.5, 0.6) is 0 Å². The Morgan fingerprint density at radius 1 is 1.31 bits per heavy atom. The first-order valence-electron chi connectivity index (χ1n) is 7.84. The summed E-state index contributed by atoms with van der Waals surface area (Å²) in [7, 11) is 0. The van der Waals surface area contributed by atoms with Crippen molar-refractivity contribution in [2.24, 2.45) is 11.7 Å².